The Balaban J connectivity index is 1.27. The molecule has 0 saturated carbocycles. The van der Waals surface area contributed by atoms with Gasteiger partial charge in [0.1, 0.15) is 11.3 Å². The van der Waals surface area contributed by atoms with Gasteiger partial charge in [-0.25, -0.2) is 4.98 Å². The van der Waals surface area contributed by atoms with Crippen LogP contribution in [0.3, 0.4) is 0 Å². The molecule has 5 heteroatoms. The fourth-order valence-electron chi connectivity index (χ4n) is 4.36. The van der Waals surface area contributed by atoms with Crippen LogP contribution in [0.1, 0.15) is 28.9 Å². The van der Waals surface area contributed by atoms with Gasteiger partial charge < -0.3 is 9.30 Å². The number of aromatic nitrogens is 2. The van der Waals surface area contributed by atoms with Gasteiger partial charge in [0.15, 0.2) is 0 Å². The molecule has 5 rings (SSSR count). The van der Waals surface area contributed by atoms with Gasteiger partial charge >= 0.3 is 0 Å². The lowest BCUT2D eigenvalue weighted by Gasteiger charge is -2.31. The van der Waals surface area contributed by atoms with Crippen molar-refractivity contribution < 1.29 is 4.79 Å². The maximum Gasteiger partial charge on any atom is 0.274 e. The van der Waals surface area contributed by atoms with Crippen molar-refractivity contribution in [1.29, 1.82) is 0 Å². The number of carbonyl (C=O) groups excluding carboxylic acids is 1. The van der Waals surface area contributed by atoms with E-state index < -0.39 is 0 Å². The molecule has 0 aliphatic carbocycles. The summed E-state index contributed by atoms with van der Waals surface area (Å²) >= 11 is 6.00. The molecule has 0 atom stereocenters. The van der Waals surface area contributed by atoms with Crippen molar-refractivity contribution in [3.63, 3.8) is 0 Å². The van der Waals surface area contributed by atoms with Crippen LogP contribution in [0, 0.1) is 5.92 Å². The molecule has 156 valence electrons. The number of halogens is 1. The molecule has 1 saturated heterocycles. The van der Waals surface area contributed by atoms with Crippen molar-refractivity contribution in [3.05, 3.63) is 95.4 Å². The predicted molar refractivity (Wildman–Crippen MR) is 124 cm³/mol. The van der Waals surface area contributed by atoms with Crippen molar-refractivity contribution in [1.82, 2.24) is 14.3 Å². The highest BCUT2D eigenvalue weighted by Gasteiger charge is 2.25. The first-order chi connectivity index (χ1) is 15.2. The van der Waals surface area contributed by atoms with Crippen LogP contribution in [-0.4, -0.2) is 33.3 Å². The van der Waals surface area contributed by atoms with Crippen LogP contribution in [0.5, 0.6) is 0 Å². The topological polar surface area (TPSA) is 37.6 Å². The molecule has 4 aromatic rings. The molecule has 0 bridgehead atoms. The molecule has 2 aromatic carbocycles. The lowest BCUT2D eigenvalue weighted by molar-refractivity contribution is 0.0685. The minimum atomic E-state index is 0.0231. The van der Waals surface area contributed by atoms with E-state index >= 15 is 0 Å². The quantitative estimate of drug-likeness (QED) is 0.414. The van der Waals surface area contributed by atoms with Crippen molar-refractivity contribution in [2.75, 3.05) is 13.1 Å². The summed E-state index contributed by atoms with van der Waals surface area (Å²) in [6, 6.07) is 22.3. The van der Waals surface area contributed by atoms with E-state index in [9.17, 15) is 4.79 Å². The van der Waals surface area contributed by atoms with Crippen LogP contribution in [-0.2, 0) is 6.42 Å². The van der Waals surface area contributed by atoms with Crippen LogP contribution >= 0.6 is 11.6 Å². The van der Waals surface area contributed by atoms with Gasteiger partial charge in [-0.1, -0.05) is 54.1 Å². The molecule has 4 nitrogen and oxygen atoms in total. The molecule has 1 aliphatic rings. The Hall–Kier alpha value is -3.11. The molecule has 1 amide bonds. The lowest BCUT2D eigenvalue weighted by Crippen LogP contribution is -2.39. The Morgan fingerprint density at radius 2 is 1.61 bits per heavy atom. The largest absolute Gasteiger partial charge is 0.337 e. The third kappa shape index (κ3) is 4.35. The van der Waals surface area contributed by atoms with Gasteiger partial charge in [-0.2, -0.15) is 0 Å². The summed E-state index contributed by atoms with van der Waals surface area (Å²) in [7, 11) is 0. The normalized spacial score (nSPS) is 14.8. The minimum Gasteiger partial charge on any atom is -0.337 e. The fraction of sp³-hybridized carbons (Fsp3) is 0.231. The summed E-state index contributed by atoms with van der Waals surface area (Å²) in [5, 5.41) is 0.716. The molecule has 0 spiro atoms. The molecule has 0 radical (unpaired) electrons. The molecule has 31 heavy (non-hydrogen) atoms. The summed E-state index contributed by atoms with van der Waals surface area (Å²) in [5.41, 5.74) is 4.80. The van der Waals surface area contributed by atoms with Crippen molar-refractivity contribution in [2.45, 2.75) is 19.3 Å². The zero-order valence-electron chi connectivity index (χ0n) is 17.2. The van der Waals surface area contributed by atoms with Gasteiger partial charge in [-0.15, -0.1) is 0 Å². The van der Waals surface area contributed by atoms with Crippen LogP contribution in [0.15, 0.2) is 79.1 Å². The summed E-state index contributed by atoms with van der Waals surface area (Å²) in [5.74, 6) is 0.657. The average molecular weight is 430 g/mol. The molecular weight excluding hydrogens is 406 g/mol. The van der Waals surface area contributed by atoms with E-state index in [4.69, 9.17) is 11.6 Å². The maximum absolute atomic E-state index is 13.1. The summed E-state index contributed by atoms with van der Waals surface area (Å²) in [6.07, 6.45) is 7.01. The van der Waals surface area contributed by atoms with E-state index in [0.29, 0.717) is 16.6 Å². The highest BCUT2D eigenvalue weighted by atomic mass is 35.5. The number of nitrogens with zero attached hydrogens (tertiary/aromatic N) is 3. The van der Waals surface area contributed by atoms with E-state index in [1.165, 1.54) is 5.56 Å². The number of amides is 1. The van der Waals surface area contributed by atoms with Crippen LogP contribution in [0.25, 0.3) is 16.8 Å². The van der Waals surface area contributed by atoms with Crippen LogP contribution in [0.2, 0.25) is 5.02 Å². The zero-order valence-corrected chi connectivity index (χ0v) is 18.0. The Labute approximate surface area is 187 Å². The molecule has 3 heterocycles. The second kappa shape index (κ2) is 8.56. The predicted octanol–water partition coefficient (Wildman–Crippen LogP) is 5.75. The molecular formula is C26H24ClN3O. The SMILES string of the molecule is O=C(c1cn2cc(-c3ccc(Cl)cc3)ccc2n1)N1CCC(Cc2ccccc2)CC1. The van der Waals surface area contributed by atoms with Gasteiger partial charge in [0.2, 0.25) is 0 Å². The molecule has 0 unspecified atom stereocenters. The number of rotatable bonds is 4. The van der Waals surface area contributed by atoms with E-state index in [0.717, 1.165) is 49.1 Å². The zero-order chi connectivity index (χ0) is 21.2. The van der Waals surface area contributed by atoms with Crippen molar-refractivity contribution in [2.24, 2.45) is 5.92 Å². The van der Waals surface area contributed by atoms with Gasteiger partial charge in [0, 0.05) is 30.5 Å². The number of piperidine rings is 1. The van der Waals surface area contributed by atoms with Gasteiger partial charge in [0.05, 0.1) is 0 Å². The summed E-state index contributed by atoms with van der Waals surface area (Å²) < 4.78 is 1.93. The average Bonchev–Trinajstić information content (AvgIpc) is 3.24. The number of carbonyl (C=O) groups is 1. The van der Waals surface area contributed by atoms with E-state index in [1.807, 2.05) is 58.1 Å². The Morgan fingerprint density at radius 1 is 0.903 bits per heavy atom. The van der Waals surface area contributed by atoms with Crippen LogP contribution in [0.4, 0.5) is 0 Å². The first kappa shape index (κ1) is 19.8. The van der Waals surface area contributed by atoms with Gasteiger partial charge in [-0.3, -0.25) is 4.79 Å². The minimum absolute atomic E-state index is 0.0231. The number of fused-ring (bicyclic) bond motifs is 1. The van der Waals surface area contributed by atoms with E-state index in [-0.39, 0.29) is 5.91 Å². The Morgan fingerprint density at radius 3 is 2.35 bits per heavy atom. The Kier molecular flexibility index (Phi) is 5.47. The summed E-state index contributed by atoms with van der Waals surface area (Å²) in [4.78, 5) is 19.6. The number of imidazole rings is 1. The van der Waals surface area contributed by atoms with Crippen molar-refractivity contribution in [3.8, 4) is 11.1 Å². The standard InChI is InChI=1S/C26H24ClN3O/c27-23-9-6-21(7-10-23)22-8-11-25-28-24(18-30(25)17-22)26(31)29-14-12-20(13-15-29)16-19-4-2-1-3-5-19/h1-11,17-18,20H,12-16H2. The Bertz CT molecular complexity index is 1190. The molecule has 0 N–H and O–H groups in total. The second-order valence-electron chi connectivity index (χ2n) is 8.24. The second-order valence-corrected chi connectivity index (χ2v) is 8.68. The highest BCUT2D eigenvalue weighted by Crippen LogP contribution is 2.24. The highest BCUT2D eigenvalue weighted by molar-refractivity contribution is 6.30. The fourth-order valence-corrected chi connectivity index (χ4v) is 4.48. The van der Waals surface area contributed by atoms with E-state index in [2.05, 4.69) is 35.3 Å². The molecule has 2 aromatic heterocycles. The summed E-state index contributed by atoms with van der Waals surface area (Å²) in [6.45, 7) is 1.58. The smallest absolute Gasteiger partial charge is 0.274 e. The molecule has 1 aliphatic heterocycles. The maximum atomic E-state index is 13.1. The van der Waals surface area contributed by atoms with E-state index in [1.54, 1.807) is 0 Å². The third-order valence-electron chi connectivity index (χ3n) is 6.12. The number of hydrogen-bond donors (Lipinski definition) is 0. The number of likely N-dealkylation sites (tertiary alicyclic amines) is 1. The third-order valence-corrected chi connectivity index (χ3v) is 6.37. The first-order valence-electron chi connectivity index (χ1n) is 10.7. The van der Waals surface area contributed by atoms with Crippen LogP contribution < -0.4 is 0 Å². The number of benzene rings is 2. The van der Waals surface area contributed by atoms with Gasteiger partial charge in [0.25, 0.3) is 5.91 Å². The number of hydrogen-bond acceptors (Lipinski definition) is 2. The first-order valence-corrected chi connectivity index (χ1v) is 11.1. The molecule has 1 fully saturated rings. The number of pyridine rings is 1. The monoisotopic (exact) mass is 429 g/mol. The lowest BCUT2D eigenvalue weighted by atomic mass is 9.90. The van der Waals surface area contributed by atoms with Crippen molar-refractivity contribution >= 4 is 23.2 Å². The van der Waals surface area contributed by atoms with Gasteiger partial charge in [-0.05, 0) is 66.1 Å².